The van der Waals surface area contributed by atoms with Crippen LogP contribution in [0.3, 0.4) is 0 Å². The number of rotatable bonds is 4. The molecule has 3 rings (SSSR count). The van der Waals surface area contributed by atoms with Crippen LogP contribution >= 0.6 is 11.3 Å². The number of ether oxygens (including phenoxy) is 1. The standard InChI is InChI=1S/C17H22N4O2S/c1-3-18-17(22)20-14-4-5-15-13(8-14)9-21(6-7-23-15)10-16-12(2)19-11-24-16/h4-5,8,11H,3,6-7,9-10H2,1-2H3,(H2,18,20,22). The fourth-order valence-electron chi connectivity index (χ4n) is 2.68. The molecule has 2 amide bonds. The summed E-state index contributed by atoms with van der Waals surface area (Å²) in [5.74, 6) is 0.889. The Kier molecular flexibility index (Phi) is 5.32. The van der Waals surface area contributed by atoms with Gasteiger partial charge in [-0.3, -0.25) is 4.90 Å². The van der Waals surface area contributed by atoms with Crippen molar-refractivity contribution >= 4 is 23.1 Å². The Labute approximate surface area is 145 Å². The summed E-state index contributed by atoms with van der Waals surface area (Å²) in [5, 5.41) is 5.58. The second kappa shape index (κ2) is 7.63. The number of aryl methyl sites for hydroxylation is 1. The van der Waals surface area contributed by atoms with Crippen molar-refractivity contribution in [1.82, 2.24) is 15.2 Å². The Hall–Kier alpha value is -2.12. The van der Waals surface area contributed by atoms with E-state index in [4.69, 9.17) is 4.74 Å². The monoisotopic (exact) mass is 346 g/mol. The Morgan fingerprint density at radius 3 is 3.08 bits per heavy atom. The molecule has 2 N–H and O–H groups in total. The van der Waals surface area contributed by atoms with Gasteiger partial charge in [0.05, 0.1) is 11.2 Å². The first-order valence-electron chi connectivity index (χ1n) is 8.07. The van der Waals surface area contributed by atoms with Crippen molar-refractivity contribution in [2.24, 2.45) is 0 Å². The highest BCUT2D eigenvalue weighted by atomic mass is 32.1. The van der Waals surface area contributed by atoms with Crippen molar-refractivity contribution in [2.45, 2.75) is 26.9 Å². The number of anilines is 1. The van der Waals surface area contributed by atoms with Crippen LogP contribution in [-0.2, 0) is 13.1 Å². The summed E-state index contributed by atoms with van der Waals surface area (Å²) in [7, 11) is 0. The molecule has 1 aliphatic heterocycles. The Balaban J connectivity index is 1.73. The second-order valence-electron chi connectivity index (χ2n) is 5.73. The van der Waals surface area contributed by atoms with E-state index in [2.05, 4.69) is 20.5 Å². The summed E-state index contributed by atoms with van der Waals surface area (Å²) in [6.45, 7) is 7.72. The molecule has 2 heterocycles. The quantitative estimate of drug-likeness (QED) is 0.893. The van der Waals surface area contributed by atoms with Gasteiger partial charge in [0.1, 0.15) is 12.4 Å². The number of amides is 2. The highest BCUT2D eigenvalue weighted by molar-refractivity contribution is 7.09. The first kappa shape index (κ1) is 16.7. The van der Waals surface area contributed by atoms with Gasteiger partial charge in [0.2, 0.25) is 0 Å². The topological polar surface area (TPSA) is 66.5 Å². The number of carbonyl (C=O) groups excluding carboxylic acids is 1. The lowest BCUT2D eigenvalue weighted by atomic mass is 10.1. The molecule has 0 spiro atoms. The zero-order chi connectivity index (χ0) is 16.9. The molecule has 0 aliphatic carbocycles. The number of urea groups is 1. The molecule has 1 aromatic heterocycles. The van der Waals surface area contributed by atoms with Crippen molar-refractivity contribution in [3.8, 4) is 5.75 Å². The van der Waals surface area contributed by atoms with E-state index in [-0.39, 0.29) is 6.03 Å². The zero-order valence-corrected chi connectivity index (χ0v) is 14.8. The van der Waals surface area contributed by atoms with Crippen LogP contribution in [0.4, 0.5) is 10.5 Å². The first-order chi connectivity index (χ1) is 11.7. The molecule has 1 aliphatic rings. The van der Waals surface area contributed by atoms with Crippen molar-refractivity contribution in [3.63, 3.8) is 0 Å². The summed E-state index contributed by atoms with van der Waals surface area (Å²) in [4.78, 5) is 19.6. The van der Waals surface area contributed by atoms with Crippen LogP contribution in [0.2, 0.25) is 0 Å². The molecule has 0 fully saturated rings. The maximum absolute atomic E-state index is 11.7. The zero-order valence-electron chi connectivity index (χ0n) is 14.0. The van der Waals surface area contributed by atoms with Crippen LogP contribution in [0.5, 0.6) is 5.75 Å². The highest BCUT2D eigenvalue weighted by Gasteiger charge is 2.17. The number of hydrogen-bond donors (Lipinski definition) is 2. The summed E-state index contributed by atoms with van der Waals surface area (Å²) in [6.07, 6.45) is 0. The van der Waals surface area contributed by atoms with E-state index in [1.54, 1.807) is 11.3 Å². The highest BCUT2D eigenvalue weighted by Crippen LogP contribution is 2.27. The summed E-state index contributed by atoms with van der Waals surface area (Å²) >= 11 is 1.69. The lowest BCUT2D eigenvalue weighted by Crippen LogP contribution is -2.28. The third-order valence-electron chi connectivity index (χ3n) is 3.93. The van der Waals surface area contributed by atoms with E-state index in [1.807, 2.05) is 37.6 Å². The molecule has 0 radical (unpaired) electrons. The van der Waals surface area contributed by atoms with E-state index in [9.17, 15) is 4.79 Å². The third-order valence-corrected chi connectivity index (χ3v) is 4.85. The fourth-order valence-corrected chi connectivity index (χ4v) is 3.50. The predicted molar refractivity (Wildman–Crippen MR) is 95.6 cm³/mol. The second-order valence-corrected chi connectivity index (χ2v) is 6.67. The average Bonchev–Trinajstić information content (AvgIpc) is 2.83. The molecule has 2 aromatic rings. The third kappa shape index (κ3) is 4.04. The van der Waals surface area contributed by atoms with Crippen LogP contribution in [0.25, 0.3) is 0 Å². The van der Waals surface area contributed by atoms with E-state index in [0.29, 0.717) is 13.2 Å². The average molecular weight is 346 g/mol. The number of hydrogen-bond acceptors (Lipinski definition) is 5. The summed E-state index contributed by atoms with van der Waals surface area (Å²) < 4.78 is 5.85. The lowest BCUT2D eigenvalue weighted by Gasteiger charge is -2.19. The number of nitrogens with one attached hydrogen (secondary N) is 2. The van der Waals surface area contributed by atoms with Gasteiger partial charge in [-0.15, -0.1) is 11.3 Å². The molecule has 0 atom stereocenters. The van der Waals surface area contributed by atoms with E-state index in [1.165, 1.54) is 4.88 Å². The molecule has 7 heteroatoms. The molecule has 1 aromatic carbocycles. The number of benzene rings is 1. The fraction of sp³-hybridized carbons (Fsp3) is 0.412. The van der Waals surface area contributed by atoms with Crippen LogP contribution in [0.1, 0.15) is 23.1 Å². The van der Waals surface area contributed by atoms with Gasteiger partial charge >= 0.3 is 6.03 Å². The molecule has 0 unspecified atom stereocenters. The Bertz CT molecular complexity index is 716. The van der Waals surface area contributed by atoms with Gasteiger partial charge < -0.3 is 15.4 Å². The molecule has 0 saturated carbocycles. The minimum Gasteiger partial charge on any atom is -0.492 e. The molecular weight excluding hydrogens is 324 g/mol. The van der Waals surface area contributed by atoms with Gasteiger partial charge in [0, 0.05) is 42.3 Å². The largest absolute Gasteiger partial charge is 0.492 e. The number of nitrogens with zero attached hydrogens (tertiary/aromatic N) is 2. The van der Waals surface area contributed by atoms with Crippen molar-refractivity contribution < 1.29 is 9.53 Å². The van der Waals surface area contributed by atoms with Crippen molar-refractivity contribution in [1.29, 1.82) is 0 Å². The van der Waals surface area contributed by atoms with Gasteiger partial charge in [0.15, 0.2) is 0 Å². The number of carbonyl (C=O) groups is 1. The van der Waals surface area contributed by atoms with Gasteiger partial charge in [-0.1, -0.05) is 0 Å². The van der Waals surface area contributed by atoms with Gasteiger partial charge in [0.25, 0.3) is 0 Å². The number of aromatic nitrogens is 1. The minimum atomic E-state index is -0.191. The molecule has 0 bridgehead atoms. The normalized spacial score (nSPS) is 14.4. The minimum absolute atomic E-state index is 0.191. The number of thiazole rings is 1. The SMILES string of the molecule is CCNC(=O)Nc1ccc2c(c1)CN(Cc1scnc1C)CCO2. The van der Waals surface area contributed by atoms with Crippen LogP contribution in [0, 0.1) is 6.92 Å². The van der Waals surface area contributed by atoms with Crippen LogP contribution in [-0.4, -0.2) is 35.6 Å². The Morgan fingerprint density at radius 2 is 2.33 bits per heavy atom. The summed E-state index contributed by atoms with van der Waals surface area (Å²) in [6, 6.07) is 5.60. The molecular formula is C17H22N4O2S. The van der Waals surface area contributed by atoms with Crippen molar-refractivity contribution in [3.05, 3.63) is 39.8 Å². The van der Waals surface area contributed by atoms with Gasteiger partial charge in [-0.05, 0) is 32.0 Å². The van der Waals surface area contributed by atoms with E-state index < -0.39 is 0 Å². The molecule has 0 saturated heterocycles. The summed E-state index contributed by atoms with van der Waals surface area (Å²) in [5.41, 5.74) is 4.85. The van der Waals surface area contributed by atoms with Crippen LogP contribution < -0.4 is 15.4 Å². The first-order valence-corrected chi connectivity index (χ1v) is 8.95. The maximum Gasteiger partial charge on any atom is 0.319 e. The number of fused-ring (bicyclic) bond motifs is 1. The maximum atomic E-state index is 11.7. The molecule has 24 heavy (non-hydrogen) atoms. The predicted octanol–water partition coefficient (Wildman–Crippen LogP) is 2.99. The molecule has 6 nitrogen and oxygen atoms in total. The van der Waals surface area contributed by atoms with Crippen molar-refractivity contribution in [2.75, 3.05) is 25.0 Å². The van der Waals surface area contributed by atoms with Crippen LogP contribution in [0.15, 0.2) is 23.7 Å². The van der Waals surface area contributed by atoms with E-state index in [0.717, 1.165) is 42.3 Å². The van der Waals surface area contributed by atoms with E-state index >= 15 is 0 Å². The van der Waals surface area contributed by atoms with Gasteiger partial charge in [-0.2, -0.15) is 0 Å². The lowest BCUT2D eigenvalue weighted by molar-refractivity contribution is 0.220. The smallest absolute Gasteiger partial charge is 0.319 e. The Morgan fingerprint density at radius 1 is 1.46 bits per heavy atom. The van der Waals surface area contributed by atoms with Gasteiger partial charge in [-0.25, -0.2) is 9.78 Å². The molecule has 128 valence electrons.